The van der Waals surface area contributed by atoms with Crippen molar-refractivity contribution in [1.29, 1.82) is 0 Å². The number of piperidine rings is 1. The number of likely N-dealkylation sites (tertiary alicyclic amines) is 1. The summed E-state index contributed by atoms with van der Waals surface area (Å²) in [5.41, 5.74) is 6.70. The lowest BCUT2D eigenvalue weighted by Crippen LogP contribution is -2.50. The minimum absolute atomic E-state index is 0.263. The van der Waals surface area contributed by atoms with Gasteiger partial charge < -0.3 is 15.4 Å². The molecule has 1 aliphatic rings. The summed E-state index contributed by atoms with van der Waals surface area (Å²) in [4.78, 5) is 13.8. The molecule has 0 saturated carbocycles. The molecule has 0 spiro atoms. The maximum Gasteiger partial charge on any atom is 0.410 e. The third kappa shape index (κ3) is 4.11. The van der Waals surface area contributed by atoms with E-state index >= 15 is 0 Å². The highest BCUT2D eigenvalue weighted by molar-refractivity contribution is 6.30. The van der Waals surface area contributed by atoms with Gasteiger partial charge in [0, 0.05) is 23.7 Å². The molecule has 0 atom stereocenters. The SMILES string of the molecule is CC(C)(C)OC(=O)N1CCC(N)(c2ccc(Cl)cc2)CC1. The second-order valence-corrected chi connectivity index (χ2v) is 7.07. The molecule has 5 heteroatoms. The summed E-state index contributed by atoms with van der Waals surface area (Å²) in [6.45, 7) is 6.82. The average Bonchev–Trinajstić information content (AvgIpc) is 2.38. The van der Waals surface area contributed by atoms with E-state index in [1.54, 1.807) is 4.90 Å². The molecule has 1 fully saturated rings. The van der Waals surface area contributed by atoms with Gasteiger partial charge >= 0.3 is 6.09 Å². The highest BCUT2D eigenvalue weighted by Gasteiger charge is 2.35. The van der Waals surface area contributed by atoms with Crippen LogP contribution in [-0.4, -0.2) is 29.7 Å². The first-order valence-electron chi connectivity index (χ1n) is 7.22. The van der Waals surface area contributed by atoms with Crippen molar-refractivity contribution in [3.63, 3.8) is 0 Å². The second kappa shape index (κ2) is 5.85. The minimum Gasteiger partial charge on any atom is -0.444 e. The van der Waals surface area contributed by atoms with Crippen molar-refractivity contribution < 1.29 is 9.53 Å². The van der Waals surface area contributed by atoms with Gasteiger partial charge in [-0.1, -0.05) is 23.7 Å². The van der Waals surface area contributed by atoms with Crippen molar-refractivity contribution >= 4 is 17.7 Å². The molecule has 0 radical (unpaired) electrons. The van der Waals surface area contributed by atoms with Crippen molar-refractivity contribution in [1.82, 2.24) is 4.90 Å². The van der Waals surface area contributed by atoms with Gasteiger partial charge in [-0.3, -0.25) is 0 Å². The maximum absolute atomic E-state index is 12.1. The first-order chi connectivity index (χ1) is 9.70. The number of nitrogens with two attached hydrogens (primary N) is 1. The highest BCUT2D eigenvalue weighted by atomic mass is 35.5. The molecule has 2 rings (SSSR count). The van der Waals surface area contributed by atoms with Crippen LogP contribution in [0.25, 0.3) is 0 Å². The Labute approximate surface area is 131 Å². The Morgan fingerprint density at radius 1 is 1.24 bits per heavy atom. The fourth-order valence-corrected chi connectivity index (χ4v) is 2.61. The second-order valence-electron chi connectivity index (χ2n) is 6.63. The van der Waals surface area contributed by atoms with Crippen molar-refractivity contribution in [2.24, 2.45) is 5.73 Å². The van der Waals surface area contributed by atoms with Gasteiger partial charge in [0.05, 0.1) is 0 Å². The van der Waals surface area contributed by atoms with Crippen LogP contribution in [0, 0.1) is 0 Å². The van der Waals surface area contributed by atoms with E-state index in [2.05, 4.69) is 0 Å². The van der Waals surface area contributed by atoms with Crippen molar-refractivity contribution in [3.05, 3.63) is 34.9 Å². The number of rotatable bonds is 1. The Hall–Kier alpha value is -1.26. The molecule has 0 aliphatic carbocycles. The molecule has 0 unspecified atom stereocenters. The van der Waals surface area contributed by atoms with Gasteiger partial charge in [-0.2, -0.15) is 0 Å². The Kier molecular flexibility index (Phi) is 4.49. The minimum atomic E-state index is -0.468. The van der Waals surface area contributed by atoms with Gasteiger partial charge in [0.15, 0.2) is 0 Å². The highest BCUT2D eigenvalue weighted by Crippen LogP contribution is 2.31. The van der Waals surface area contributed by atoms with Crippen LogP contribution in [0.4, 0.5) is 4.79 Å². The number of hydrogen-bond acceptors (Lipinski definition) is 3. The summed E-state index contributed by atoms with van der Waals surface area (Å²) in [5.74, 6) is 0. The molecular formula is C16H23ClN2O2. The molecule has 1 heterocycles. The van der Waals surface area contributed by atoms with Crippen LogP contribution in [-0.2, 0) is 10.3 Å². The zero-order chi connectivity index (χ0) is 15.7. The summed E-state index contributed by atoms with van der Waals surface area (Å²) in [6.07, 6.45) is 1.17. The summed E-state index contributed by atoms with van der Waals surface area (Å²) in [7, 11) is 0. The van der Waals surface area contributed by atoms with E-state index in [-0.39, 0.29) is 6.09 Å². The van der Waals surface area contributed by atoms with Gasteiger partial charge in [-0.25, -0.2) is 4.79 Å². The first-order valence-corrected chi connectivity index (χ1v) is 7.60. The van der Waals surface area contributed by atoms with E-state index in [0.717, 1.165) is 5.56 Å². The summed E-state index contributed by atoms with van der Waals surface area (Å²) < 4.78 is 5.40. The molecule has 1 saturated heterocycles. The predicted octanol–water partition coefficient (Wildman–Crippen LogP) is 3.52. The molecule has 116 valence electrons. The smallest absolute Gasteiger partial charge is 0.410 e. The fourth-order valence-electron chi connectivity index (χ4n) is 2.49. The first kappa shape index (κ1) is 16.1. The molecule has 1 aromatic carbocycles. The van der Waals surface area contributed by atoms with Gasteiger partial charge in [0.1, 0.15) is 5.60 Å². The van der Waals surface area contributed by atoms with E-state index in [0.29, 0.717) is 31.0 Å². The number of carbonyl (C=O) groups is 1. The third-order valence-corrected chi connectivity index (χ3v) is 3.98. The number of amides is 1. The normalized spacial score (nSPS) is 18.4. The molecule has 1 aliphatic heterocycles. The van der Waals surface area contributed by atoms with E-state index in [9.17, 15) is 4.79 Å². The van der Waals surface area contributed by atoms with Crippen LogP contribution < -0.4 is 5.73 Å². The van der Waals surface area contributed by atoms with Crippen LogP contribution in [0.3, 0.4) is 0 Å². The number of nitrogens with zero attached hydrogens (tertiary/aromatic N) is 1. The van der Waals surface area contributed by atoms with Crippen LogP contribution >= 0.6 is 11.6 Å². The van der Waals surface area contributed by atoms with Crippen molar-refractivity contribution in [2.75, 3.05) is 13.1 Å². The third-order valence-electron chi connectivity index (χ3n) is 3.73. The molecular weight excluding hydrogens is 288 g/mol. The lowest BCUT2D eigenvalue weighted by molar-refractivity contribution is 0.0166. The number of ether oxygens (including phenoxy) is 1. The molecule has 1 amide bonds. The average molecular weight is 311 g/mol. The lowest BCUT2D eigenvalue weighted by Gasteiger charge is -2.39. The molecule has 4 nitrogen and oxygen atoms in total. The zero-order valence-corrected chi connectivity index (χ0v) is 13.6. The van der Waals surface area contributed by atoms with Gasteiger partial charge in [-0.15, -0.1) is 0 Å². The largest absolute Gasteiger partial charge is 0.444 e. The molecule has 0 aromatic heterocycles. The standard InChI is InChI=1S/C16H23ClN2O2/c1-15(2,3)21-14(20)19-10-8-16(18,9-11-19)12-4-6-13(17)7-5-12/h4-7H,8-11,18H2,1-3H3. The Morgan fingerprint density at radius 2 is 1.76 bits per heavy atom. The van der Waals surface area contributed by atoms with E-state index < -0.39 is 11.1 Å². The van der Waals surface area contributed by atoms with E-state index in [1.165, 1.54) is 0 Å². The monoisotopic (exact) mass is 310 g/mol. The number of halogens is 1. The van der Waals surface area contributed by atoms with Crippen molar-refractivity contribution in [2.45, 2.75) is 44.8 Å². The van der Waals surface area contributed by atoms with E-state index in [1.807, 2.05) is 45.0 Å². The fraction of sp³-hybridized carbons (Fsp3) is 0.562. The maximum atomic E-state index is 12.1. The Balaban J connectivity index is 1.99. The molecule has 21 heavy (non-hydrogen) atoms. The van der Waals surface area contributed by atoms with E-state index in [4.69, 9.17) is 22.1 Å². The number of hydrogen-bond donors (Lipinski definition) is 1. The quantitative estimate of drug-likeness (QED) is 0.863. The number of carbonyl (C=O) groups excluding carboxylic acids is 1. The summed E-state index contributed by atoms with van der Waals surface area (Å²) in [6, 6.07) is 7.63. The lowest BCUT2D eigenvalue weighted by atomic mass is 9.82. The summed E-state index contributed by atoms with van der Waals surface area (Å²) in [5, 5.41) is 0.702. The van der Waals surface area contributed by atoms with Gasteiger partial charge in [-0.05, 0) is 51.3 Å². The molecule has 1 aromatic rings. The van der Waals surface area contributed by atoms with Crippen LogP contribution in [0.15, 0.2) is 24.3 Å². The van der Waals surface area contributed by atoms with Crippen LogP contribution in [0.2, 0.25) is 5.02 Å². The van der Waals surface area contributed by atoms with Crippen LogP contribution in [0.5, 0.6) is 0 Å². The Bertz CT molecular complexity index is 500. The molecule has 0 bridgehead atoms. The zero-order valence-electron chi connectivity index (χ0n) is 12.9. The summed E-state index contributed by atoms with van der Waals surface area (Å²) >= 11 is 5.91. The molecule has 2 N–H and O–H groups in total. The Morgan fingerprint density at radius 3 is 2.24 bits per heavy atom. The van der Waals surface area contributed by atoms with Crippen LogP contribution in [0.1, 0.15) is 39.2 Å². The van der Waals surface area contributed by atoms with Gasteiger partial charge in [0.2, 0.25) is 0 Å². The van der Waals surface area contributed by atoms with Gasteiger partial charge in [0.25, 0.3) is 0 Å². The van der Waals surface area contributed by atoms with Crippen molar-refractivity contribution in [3.8, 4) is 0 Å². The topological polar surface area (TPSA) is 55.6 Å². The number of benzene rings is 1. The predicted molar refractivity (Wildman–Crippen MR) is 84.4 cm³/mol.